The molecule has 12 heteroatoms. The molecule has 37 heavy (non-hydrogen) atoms. The molecule has 4 aromatic rings. The van der Waals surface area contributed by atoms with Gasteiger partial charge in [-0.1, -0.05) is 36.5 Å². The lowest BCUT2D eigenvalue weighted by Crippen LogP contribution is -2.17. The van der Waals surface area contributed by atoms with Crippen LogP contribution in [0.15, 0.2) is 54.7 Å². The molecule has 1 saturated carbocycles. The molecule has 2 aromatic carbocycles. The molecule has 0 unspecified atom stereocenters. The molecule has 0 aliphatic heterocycles. The number of benzene rings is 2. The molecule has 0 bridgehead atoms. The van der Waals surface area contributed by atoms with Crippen LogP contribution in [0.4, 0.5) is 19.1 Å². The molecule has 2 N–H and O–H groups in total. The van der Waals surface area contributed by atoms with Gasteiger partial charge in [-0.3, -0.25) is 10.1 Å². The van der Waals surface area contributed by atoms with E-state index < -0.39 is 6.36 Å². The molecule has 192 valence electrons. The molecule has 1 fully saturated rings. The first kappa shape index (κ1) is 24.5. The highest BCUT2D eigenvalue weighted by molar-refractivity contribution is 6.03. The summed E-state index contributed by atoms with van der Waals surface area (Å²) in [5.74, 6) is -0.139. The Bertz CT molecular complexity index is 1330. The minimum atomic E-state index is -4.74. The number of aromatic nitrogens is 6. The zero-order valence-electron chi connectivity index (χ0n) is 19.7. The molecular weight excluding hydrogens is 487 g/mol. The quantitative estimate of drug-likeness (QED) is 0.354. The zero-order valence-corrected chi connectivity index (χ0v) is 19.7. The van der Waals surface area contributed by atoms with E-state index in [1.807, 2.05) is 23.0 Å². The van der Waals surface area contributed by atoms with Crippen molar-refractivity contribution in [3.8, 4) is 11.4 Å². The van der Waals surface area contributed by atoms with Gasteiger partial charge in [-0.25, -0.2) is 9.78 Å². The van der Waals surface area contributed by atoms with Gasteiger partial charge in [0.25, 0.3) is 5.91 Å². The van der Waals surface area contributed by atoms with Gasteiger partial charge < -0.3 is 4.74 Å². The standard InChI is InChI=1S/C25H24F3N7O2/c26-25(27,28)37-21-12-10-20(11-13-21)35-22(17-4-2-1-3-5-17)19(15-29-35)14-16-6-8-18(9-7-16)23(36)30-24-31-33-34-32-24/h6-13,15,17H,1-5,14H2,(H2,30,31,32,33,34,36). The first-order valence-electron chi connectivity index (χ1n) is 11.9. The summed E-state index contributed by atoms with van der Waals surface area (Å²) in [6, 6.07) is 13.0. The van der Waals surface area contributed by atoms with Gasteiger partial charge in [-0.05, 0) is 70.8 Å². The second-order valence-corrected chi connectivity index (χ2v) is 8.92. The molecule has 0 saturated heterocycles. The van der Waals surface area contributed by atoms with E-state index in [0.29, 0.717) is 23.6 Å². The predicted molar refractivity (Wildman–Crippen MR) is 127 cm³/mol. The molecule has 1 amide bonds. The lowest BCUT2D eigenvalue weighted by molar-refractivity contribution is -0.274. The highest BCUT2D eigenvalue weighted by Gasteiger charge is 2.31. The smallest absolute Gasteiger partial charge is 0.406 e. The Balaban J connectivity index is 1.38. The fourth-order valence-corrected chi connectivity index (χ4v) is 4.72. The fourth-order valence-electron chi connectivity index (χ4n) is 4.72. The van der Waals surface area contributed by atoms with Crippen LogP contribution >= 0.6 is 0 Å². The molecule has 5 rings (SSSR count). The summed E-state index contributed by atoms with van der Waals surface area (Å²) in [5, 5.41) is 20.2. The van der Waals surface area contributed by atoms with Crippen LogP contribution < -0.4 is 10.1 Å². The molecule has 0 radical (unpaired) electrons. The molecule has 2 heterocycles. The average Bonchev–Trinajstić information content (AvgIpc) is 3.55. The number of hydrogen-bond donors (Lipinski definition) is 2. The number of nitrogens with one attached hydrogen (secondary N) is 2. The summed E-state index contributed by atoms with van der Waals surface area (Å²) in [6.07, 6.45) is 3.19. The Morgan fingerprint density at radius 1 is 1.05 bits per heavy atom. The molecule has 9 nitrogen and oxygen atoms in total. The monoisotopic (exact) mass is 511 g/mol. The number of H-pyrrole nitrogens is 1. The van der Waals surface area contributed by atoms with Crippen LogP contribution in [0.1, 0.15) is 65.2 Å². The number of tetrazole rings is 1. The van der Waals surface area contributed by atoms with E-state index >= 15 is 0 Å². The van der Waals surface area contributed by atoms with Crippen molar-refractivity contribution in [2.75, 3.05) is 5.32 Å². The first-order valence-corrected chi connectivity index (χ1v) is 11.9. The van der Waals surface area contributed by atoms with Crippen LogP contribution in [0, 0.1) is 0 Å². The van der Waals surface area contributed by atoms with Crippen LogP contribution in [0.3, 0.4) is 0 Å². The SMILES string of the molecule is O=C(Nc1nnn[nH]1)c1ccc(Cc2cnn(-c3ccc(OC(F)(F)F)cc3)c2C2CCCCC2)cc1. The second kappa shape index (κ2) is 10.4. The third kappa shape index (κ3) is 5.96. The van der Waals surface area contributed by atoms with E-state index in [4.69, 9.17) is 0 Å². The number of carbonyl (C=O) groups excluding carboxylic acids is 1. The zero-order chi connectivity index (χ0) is 25.8. The van der Waals surface area contributed by atoms with Gasteiger partial charge in [-0.2, -0.15) is 5.10 Å². The number of alkyl halides is 3. The Morgan fingerprint density at radius 3 is 2.43 bits per heavy atom. The Labute approximate surface area is 210 Å². The van der Waals surface area contributed by atoms with Crippen molar-refractivity contribution in [1.82, 2.24) is 30.4 Å². The molecule has 1 aliphatic carbocycles. The van der Waals surface area contributed by atoms with Gasteiger partial charge in [0.1, 0.15) is 5.75 Å². The number of anilines is 1. The molecule has 2 aromatic heterocycles. The van der Waals surface area contributed by atoms with E-state index in [1.54, 1.807) is 24.3 Å². The van der Waals surface area contributed by atoms with E-state index in [2.05, 4.69) is 35.8 Å². The fraction of sp³-hybridized carbons (Fsp3) is 0.320. The van der Waals surface area contributed by atoms with Crippen molar-refractivity contribution in [1.29, 1.82) is 0 Å². The van der Waals surface area contributed by atoms with Crippen molar-refractivity contribution >= 4 is 11.9 Å². The minimum Gasteiger partial charge on any atom is -0.406 e. The molecule has 0 spiro atoms. The third-order valence-corrected chi connectivity index (χ3v) is 6.38. The van der Waals surface area contributed by atoms with Gasteiger partial charge >= 0.3 is 6.36 Å². The number of carbonyl (C=O) groups is 1. The number of nitrogens with zero attached hydrogens (tertiary/aromatic N) is 5. The van der Waals surface area contributed by atoms with Crippen LogP contribution in [-0.4, -0.2) is 42.7 Å². The summed E-state index contributed by atoms with van der Waals surface area (Å²) in [5.41, 5.74) is 4.26. The van der Waals surface area contributed by atoms with Crippen LogP contribution in [-0.2, 0) is 6.42 Å². The van der Waals surface area contributed by atoms with Gasteiger partial charge in [0.05, 0.1) is 17.6 Å². The number of amides is 1. The van der Waals surface area contributed by atoms with Crippen LogP contribution in [0.5, 0.6) is 5.75 Å². The third-order valence-electron chi connectivity index (χ3n) is 6.38. The molecule has 0 atom stereocenters. The normalized spacial score (nSPS) is 14.5. The summed E-state index contributed by atoms with van der Waals surface area (Å²) < 4.78 is 43.5. The van der Waals surface area contributed by atoms with Crippen molar-refractivity contribution in [3.05, 3.63) is 77.1 Å². The van der Waals surface area contributed by atoms with Crippen molar-refractivity contribution in [2.24, 2.45) is 0 Å². The maximum atomic E-state index is 12.6. The number of ether oxygens (including phenoxy) is 1. The highest BCUT2D eigenvalue weighted by Crippen LogP contribution is 2.36. The van der Waals surface area contributed by atoms with Gasteiger partial charge in [0.2, 0.25) is 5.95 Å². The number of halogens is 3. The topological polar surface area (TPSA) is 111 Å². The van der Waals surface area contributed by atoms with E-state index in [1.165, 1.54) is 18.6 Å². The Morgan fingerprint density at radius 2 is 1.78 bits per heavy atom. The Kier molecular flexibility index (Phi) is 6.89. The number of hydrogen-bond acceptors (Lipinski definition) is 6. The van der Waals surface area contributed by atoms with Crippen molar-refractivity contribution in [2.45, 2.75) is 50.8 Å². The lowest BCUT2D eigenvalue weighted by Gasteiger charge is -2.24. The van der Waals surface area contributed by atoms with Crippen molar-refractivity contribution in [3.63, 3.8) is 0 Å². The van der Waals surface area contributed by atoms with Crippen LogP contribution in [0.2, 0.25) is 0 Å². The number of aromatic amines is 1. The van der Waals surface area contributed by atoms with E-state index in [0.717, 1.165) is 42.5 Å². The molecule has 1 aliphatic rings. The summed E-state index contributed by atoms with van der Waals surface area (Å²) in [7, 11) is 0. The summed E-state index contributed by atoms with van der Waals surface area (Å²) in [6.45, 7) is 0. The molecular formula is C25H24F3N7O2. The predicted octanol–water partition coefficient (Wildman–Crippen LogP) is 5.17. The van der Waals surface area contributed by atoms with E-state index in [-0.39, 0.29) is 17.6 Å². The summed E-state index contributed by atoms with van der Waals surface area (Å²) >= 11 is 0. The number of rotatable bonds is 7. The average molecular weight is 512 g/mol. The second-order valence-electron chi connectivity index (χ2n) is 8.92. The largest absolute Gasteiger partial charge is 0.573 e. The van der Waals surface area contributed by atoms with E-state index in [9.17, 15) is 18.0 Å². The van der Waals surface area contributed by atoms with Gasteiger partial charge in [0.15, 0.2) is 0 Å². The van der Waals surface area contributed by atoms with Gasteiger partial charge in [0, 0.05) is 17.9 Å². The van der Waals surface area contributed by atoms with Gasteiger partial charge in [-0.15, -0.1) is 13.2 Å². The Hall–Kier alpha value is -4.22. The maximum Gasteiger partial charge on any atom is 0.573 e. The lowest BCUT2D eigenvalue weighted by atomic mass is 9.84. The van der Waals surface area contributed by atoms with Crippen LogP contribution in [0.25, 0.3) is 5.69 Å². The minimum absolute atomic E-state index is 0.164. The summed E-state index contributed by atoms with van der Waals surface area (Å²) in [4.78, 5) is 12.4. The highest BCUT2D eigenvalue weighted by atomic mass is 19.4. The van der Waals surface area contributed by atoms with Crippen molar-refractivity contribution < 1.29 is 22.7 Å². The first-order chi connectivity index (χ1) is 17.9. The maximum absolute atomic E-state index is 12.6.